The number of carbonyl (C=O) groups is 1. The Bertz CT molecular complexity index is 1300. The highest BCUT2D eigenvalue weighted by Crippen LogP contribution is 2.37. The van der Waals surface area contributed by atoms with Crippen molar-refractivity contribution >= 4 is 38.9 Å². The average Bonchev–Trinajstić information content (AvgIpc) is 2.82. The van der Waals surface area contributed by atoms with E-state index in [1.807, 2.05) is 0 Å². The van der Waals surface area contributed by atoms with Crippen molar-refractivity contribution in [2.45, 2.75) is 18.0 Å². The number of alkyl halides is 3. The maximum Gasteiger partial charge on any atom is 0.416 e. The first-order chi connectivity index (χ1) is 16.0. The lowest BCUT2D eigenvalue weighted by atomic mass is 10.1. The Labute approximate surface area is 199 Å². The fourth-order valence-electron chi connectivity index (χ4n) is 2.96. The highest BCUT2D eigenvalue weighted by molar-refractivity contribution is 7.92. The molecule has 6 nitrogen and oxygen atoms in total. The maximum atomic E-state index is 13.3. The van der Waals surface area contributed by atoms with Gasteiger partial charge in [-0.3, -0.25) is 9.10 Å². The topological polar surface area (TPSA) is 78.8 Å². The van der Waals surface area contributed by atoms with E-state index in [-0.39, 0.29) is 9.92 Å². The number of nitrogens with zero attached hydrogens (tertiary/aromatic N) is 2. The fourth-order valence-corrected chi connectivity index (χ4v) is 4.68. The first-order valence-electron chi connectivity index (χ1n) is 9.83. The van der Waals surface area contributed by atoms with Crippen molar-refractivity contribution in [2.75, 3.05) is 10.8 Å². The monoisotopic (exact) mass is 509 g/mol. The molecule has 3 rings (SSSR count). The molecule has 0 saturated heterocycles. The number of rotatable bonds is 7. The predicted octanol–water partition coefficient (Wildman–Crippen LogP) is 5.09. The zero-order valence-corrected chi connectivity index (χ0v) is 19.3. The molecular weight excluding hydrogens is 491 g/mol. The number of carbonyl (C=O) groups excluding carboxylic acids is 1. The van der Waals surface area contributed by atoms with E-state index in [1.54, 1.807) is 43.3 Å². The maximum absolute atomic E-state index is 13.3. The predicted molar refractivity (Wildman–Crippen MR) is 124 cm³/mol. The molecule has 0 spiro atoms. The van der Waals surface area contributed by atoms with Crippen molar-refractivity contribution in [2.24, 2.45) is 5.10 Å². The van der Waals surface area contributed by atoms with E-state index in [4.69, 9.17) is 11.6 Å². The lowest BCUT2D eigenvalue weighted by Crippen LogP contribution is -2.40. The molecule has 34 heavy (non-hydrogen) atoms. The first-order valence-corrected chi connectivity index (χ1v) is 11.6. The van der Waals surface area contributed by atoms with Gasteiger partial charge in [-0.15, -0.1) is 0 Å². The molecule has 0 aliphatic rings. The van der Waals surface area contributed by atoms with Crippen molar-refractivity contribution in [1.29, 1.82) is 0 Å². The van der Waals surface area contributed by atoms with Gasteiger partial charge in [-0.1, -0.05) is 60.1 Å². The molecule has 0 heterocycles. The molecule has 178 valence electrons. The van der Waals surface area contributed by atoms with Gasteiger partial charge in [-0.05, 0) is 42.8 Å². The van der Waals surface area contributed by atoms with Crippen molar-refractivity contribution in [3.8, 4) is 0 Å². The summed E-state index contributed by atoms with van der Waals surface area (Å²) in [5.41, 5.74) is 1.81. The minimum atomic E-state index is -4.75. The van der Waals surface area contributed by atoms with Crippen LogP contribution in [0, 0.1) is 0 Å². The van der Waals surface area contributed by atoms with Crippen molar-refractivity contribution < 1.29 is 26.4 Å². The Morgan fingerprint density at radius 3 is 2.18 bits per heavy atom. The summed E-state index contributed by atoms with van der Waals surface area (Å²) in [5.74, 6) is -0.872. The van der Waals surface area contributed by atoms with E-state index >= 15 is 0 Å². The lowest BCUT2D eigenvalue weighted by molar-refractivity contribution is -0.137. The normalized spacial score (nSPS) is 12.3. The van der Waals surface area contributed by atoms with Crippen LogP contribution in [0.25, 0.3) is 0 Å². The molecular formula is C23H19ClF3N3O3S. The number of anilines is 1. The largest absolute Gasteiger partial charge is 0.416 e. The molecule has 0 saturated carbocycles. The number of hydrogen-bond donors (Lipinski definition) is 1. The van der Waals surface area contributed by atoms with Gasteiger partial charge in [-0.2, -0.15) is 18.3 Å². The number of sulfonamides is 1. The van der Waals surface area contributed by atoms with E-state index in [9.17, 15) is 26.4 Å². The quantitative estimate of drug-likeness (QED) is 0.356. The van der Waals surface area contributed by atoms with Gasteiger partial charge in [0.2, 0.25) is 0 Å². The van der Waals surface area contributed by atoms with Crippen LogP contribution in [-0.2, 0) is 21.0 Å². The summed E-state index contributed by atoms with van der Waals surface area (Å²) in [6.45, 7) is 0.779. The Kier molecular flexibility index (Phi) is 7.63. The van der Waals surface area contributed by atoms with Gasteiger partial charge in [-0.25, -0.2) is 13.8 Å². The van der Waals surface area contributed by atoms with Crippen LogP contribution >= 0.6 is 11.6 Å². The number of amides is 1. The van der Waals surface area contributed by atoms with Gasteiger partial charge >= 0.3 is 6.18 Å². The molecule has 3 aromatic carbocycles. The molecule has 1 amide bonds. The highest BCUT2D eigenvalue weighted by Gasteiger charge is 2.34. The smallest absolute Gasteiger partial charge is 0.271 e. The Morgan fingerprint density at radius 1 is 1.00 bits per heavy atom. The molecule has 0 bridgehead atoms. The summed E-state index contributed by atoms with van der Waals surface area (Å²) in [4.78, 5) is 12.4. The second kappa shape index (κ2) is 10.3. The summed E-state index contributed by atoms with van der Waals surface area (Å²) >= 11 is 6.09. The van der Waals surface area contributed by atoms with Gasteiger partial charge in [0.05, 0.1) is 26.9 Å². The third-order valence-corrected chi connectivity index (χ3v) is 6.79. The van der Waals surface area contributed by atoms with Crippen LogP contribution in [0.15, 0.2) is 88.9 Å². The molecule has 0 aromatic heterocycles. The third kappa shape index (κ3) is 5.95. The zero-order chi connectivity index (χ0) is 24.9. The van der Waals surface area contributed by atoms with E-state index in [2.05, 4.69) is 10.5 Å². The van der Waals surface area contributed by atoms with E-state index in [1.165, 1.54) is 24.3 Å². The van der Waals surface area contributed by atoms with Crippen LogP contribution < -0.4 is 9.73 Å². The van der Waals surface area contributed by atoms with E-state index in [0.29, 0.717) is 16.1 Å². The number of benzene rings is 3. The van der Waals surface area contributed by atoms with Crippen LogP contribution in [0.4, 0.5) is 18.9 Å². The molecule has 0 aliphatic heterocycles. The Morgan fingerprint density at radius 2 is 1.59 bits per heavy atom. The van der Waals surface area contributed by atoms with Crippen molar-refractivity contribution in [3.05, 3.63) is 95.0 Å². The number of hydrazone groups is 1. The molecule has 0 aliphatic carbocycles. The van der Waals surface area contributed by atoms with Crippen LogP contribution in [0.1, 0.15) is 18.1 Å². The number of nitrogens with one attached hydrogen (secondary N) is 1. The Balaban J connectivity index is 1.99. The van der Waals surface area contributed by atoms with Gasteiger partial charge in [0, 0.05) is 0 Å². The number of hydrogen-bond acceptors (Lipinski definition) is 4. The Hall–Kier alpha value is -3.37. The minimum absolute atomic E-state index is 0.222. The SMILES string of the molecule is C/C(=N/NC(=O)CN(c1cc(C(F)(F)F)ccc1Cl)S(=O)(=O)c1ccccc1)c1ccccc1. The fraction of sp³-hybridized carbons (Fsp3) is 0.130. The number of halogens is 4. The first kappa shape index (κ1) is 25.3. The van der Waals surface area contributed by atoms with Gasteiger partial charge in [0.25, 0.3) is 15.9 Å². The summed E-state index contributed by atoms with van der Waals surface area (Å²) in [6.07, 6.45) is -4.75. The second-order valence-corrected chi connectivity index (χ2v) is 9.36. The molecule has 11 heteroatoms. The van der Waals surface area contributed by atoms with Gasteiger partial charge in [0.1, 0.15) is 6.54 Å². The molecule has 3 aromatic rings. The van der Waals surface area contributed by atoms with E-state index in [0.717, 1.165) is 17.7 Å². The molecule has 0 fully saturated rings. The van der Waals surface area contributed by atoms with Crippen LogP contribution in [0.5, 0.6) is 0 Å². The summed E-state index contributed by atoms with van der Waals surface area (Å²) in [5, 5.41) is 3.68. The lowest BCUT2D eigenvalue weighted by Gasteiger charge is -2.25. The van der Waals surface area contributed by atoms with Crippen molar-refractivity contribution in [3.63, 3.8) is 0 Å². The average molecular weight is 510 g/mol. The highest BCUT2D eigenvalue weighted by atomic mass is 35.5. The van der Waals surface area contributed by atoms with Crippen LogP contribution in [-0.4, -0.2) is 26.6 Å². The zero-order valence-electron chi connectivity index (χ0n) is 17.8. The van der Waals surface area contributed by atoms with Crippen LogP contribution in [0.3, 0.4) is 0 Å². The summed E-state index contributed by atoms with van der Waals surface area (Å²) < 4.78 is 67.1. The molecule has 0 unspecified atom stereocenters. The second-order valence-electron chi connectivity index (χ2n) is 7.09. The van der Waals surface area contributed by atoms with Gasteiger partial charge in [0.15, 0.2) is 0 Å². The van der Waals surface area contributed by atoms with E-state index < -0.39 is 39.9 Å². The van der Waals surface area contributed by atoms with Crippen LogP contribution in [0.2, 0.25) is 5.02 Å². The third-order valence-electron chi connectivity index (χ3n) is 4.70. The van der Waals surface area contributed by atoms with Crippen molar-refractivity contribution in [1.82, 2.24) is 5.43 Å². The molecule has 1 N–H and O–H groups in total. The minimum Gasteiger partial charge on any atom is -0.271 e. The standard InChI is InChI=1S/C23H19ClF3N3O3S/c1-16(17-8-4-2-5-9-17)28-29-22(31)15-30(34(32,33)19-10-6-3-7-11-19)21-14-18(23(25,26)27)12-13-20(21)24/h2-14H,15H2,1H3,(H,29,31)/b28-16-. The molecule has 0 radical (unpaired) electrons. The summed E-state index contributed by atoms with van der Waals surface area (Å²) in [6, 6.07) is 18.1. The van der Waals surface area contributed by atoms with Gasteiger partial charge < -0.3 is 0 Å². The molecule has 0 atom stereocenters. The summed E-state index contributed by atoms with van der Waals surface area (Å²) in [7, 11) is -4.45.